The van der Waals surface area contributed by atoms with Crippen LogP contribution in [-0.4, -0.2) is 31.4 Å². The van der Waals surface area contributed by atoms with Crippen molar-refractivity contribution < 1.29 is 9.53 Å². The molecule has 0 fully saturated rings. The lowest BCUT2D eigenvalue weighted by Crippen LogP contribution is -2.25. The number of ether oxygens (including phenoxy) is 1. The summed E-state index contributed by atoms with van der Waals surface area (Å²) in [6.07, 6.45) is 8.53. The number of amides is 1. The van der Waals surface area contributed by atoms with Crippen LogP contribution in [0.3, 0.4) is 0 Å². The Kier molecular flexibility index (Phi) is 5.79. The molecule has 7 heteroatoms. The molecular weight excluding hydrogens is 378 g/mol. The van der Waals surface area contributed by atoms with Crippen LogP contribution in [0.15, 0.2) is 61.2 Å². The summed E-state index contributed by atoms with van der Waals surface area (Å²) in [6.45, 7) is 5.83. The zero-order chi connectivity index (χ0) is 20.9. The lowest BCUT2D eigenvalue weighted by Gasteiger charge is -2.08. The number of carbonyl (C=O) groups is 1. The molecule has 1 aromatic carbocycles. The summed E-state index contributed by atoms with van der Waals surface area (Å²) in [5.41, 5.74) is 3.54. The largest absolute Gasteiger partial charge is 0.487 e. The summed E-state index contributed by atoms with van der Waals surface area (Å²) in [4.78, 5) is 21.1. The molecule has 0 bridgehead atoms. The lowest BCUT2D eigenvalue weighted by atomic mass is 10.2. The zero-order valence-corrected chi connectivity index (χ0v) is 17.2. The third kappa shape index (κ3) is 4.51. The highest BCUT2D eigenvalue weighted by Gasteiger charge is 2.07. The Hall–Kier alpha value is -3.61. The first-order valence-electron chi connectivity index (χ1n) is 10.0. The van der Waals surface area contributed by atoms with E-state index in [-0.39, 0.29) is 5.91 Å². The molecule has 0 aliphatic rings. The number of rotatable bonds is 8. The average molecular weight is 403 g/mol. The fourth-order valence-electron chi connectivity index (χ4n) is 3.33. The fraction of sp³-hybridized carbons (Fsp3) is 0.261. The van der Waals surface area contributed by atoms with Gasteiger partial charge in [-0.3, -0.25) is 4.79 Å². The minimum absolute atomic E-state index is 0.0836. The number of imidazole rings is 2. The number of aryl methyl sites for hydroxylation is 3. The third-order valence-corrected chi connectivity index (χ3v) is 5.02. The Morgan fingerprint density at radius 3 is 2.70 bits per heavy atom. The van der Waals surface area contributed by atoms with Crippen molar-refractivity contribution in [1.29, 1.82) is 0 Å². The van der Waals surface area contributed by atoms with Gasteiger partial charge in [0.1, 0.15) is 23.8 Å². The number of fused-ring (bicyclic) bond motifs is 1. The van der Waals surface area contributed by atoms with Gasteiger partial charge >= 0.3 is 0 Å². The zero-order valence-electron chi connectivity index (χ0n) is 17.2. The van der Waals surface area contributed by atoms with E-state index in [9.17, 15) is 4.79 Å². The van der Waals surface area contributed by atoms with Gasteiger partial charge in [-0.25, -0.2) is 9.97 Å². The molecule has 0 unspecified atom stereocenters. The number of nitrogens with one attached hydrogen (secondary N) is 1. The van der Waals surface area contributed by atoms with E-state index in [0.717, 1.165) is 35.7 Å². The molecule has 1 amide bonds. The van der Waals surface area contributed by atoms with Gasteiger partial charge in [-0.1, -0.05) is 6.07 Å². The van der Waals surface area contributed by atoms with Crippen molar-refractivity contribution in [3.8, 4) is 5.75 Å². The van der Waals surface area contributed by atoms with E-state index < -0.39 is 0 Å². The number of aromatic nitrogens is 4. The minimum atomic E-state index is -0.0836. The van der Waals surface area contributed by atoms with Crippen molar-refractivity contribution in [2.24, 2.45) is 0 Å². The first-order chi connectivity index (χ1) is 14.6. The fourth-order valence-corrected chi connectivity index (χ4v) is 3.33. The normalized spacial score (nSPS) is 11.0. The molecule has 0 saturated carbocycles. The Labute approximate surface area is 175 Å². The molecule has 7 nitrogen and oxygen atoms in total. The van der Waals surface area contributed by atoms with Gasteiger partial charge in [-0.2, -0.15) is 0 Å². The Morgan fingerprint density at radius 2 is 1.97 bits per heavy atom. The van der Waals surface area contributed by atoms with Crippen molar-refractivity contribution >= 4 is 11.6 Å². The summed E-state index contributed by atoms with van der Waals surface area (Å²) >= 11 is 0. The molecule has 0 saturated heterocycles. The molecule has 4 aromatic rings. The van der Waals surface area contributed by atoms with E-state index in [1.807, 2.05) is 61.1 Å². The highest BCUT2D eigenvalue weighted by Crippen LogP contribution is 2.15. The molecule has 1 N–H and O–H groups in total. The van der Waals surface area contributed by atoms with Gasteiger partial charge in [0, 0.05) is 43.4 Å². The summed E-state index contributed by atoms with van der Waals surface area (Å²) in [5, 5.41) is 2.95. The average Bonchev–Trinajstić information content (AvgIpc) is 3.36. The van der Waals surface area contributed by atoms with E-state index in [1.54, 1.807) is 18.3 Å². The Morgan fingerprint density at radius 1 is 1.13 bits per heavy atom. The maximum atomic E-state index is 12.3. The number of benzene rings is 1. The topological polar surface area (TPSA) is 73.5 Å². The number of nitrogens with zero attached hydrogens (tertiary/aromatic N) is 4. The lowest BCUT2D eigenvalue weighted by molar-refractivity contribution is 0.0952. The molecule has 0 radical (unpaired) electrons. The molecule has 0 spiro atoms. The monoisotopic (exact) mass is 403 g/mol. The number of carbonyl (C=O) groups excluding carboxylic acids is 1. The highest BCUT2D eigenvalue weighted by molar-refractivity contribution is 5.94. The van der Waals surface area contributed by atoms with Gasteiger partial charge < -0.3 is 19.0 Å². The van der Waals surface area contributed by atoms with Crippen LogP contribution in [0.2, 0.25) is 0 Å². The number of pyridine rings is 1. The quantitative estimate of drug-likeness (QED) is 0.457. The van der Waals surface area contributed by atoms with Crippen LogP contribution in [0.1, 0.15) is 33.9 Å². The molecule has 0 aliphatic carbocycles. The molecule has 154 valence electrons. The second-order valence-electron chi connectivity index (χ2n) is 7.24. The second-order valence-corrected chi connectivity index (χ2v) is 7.24. The van der Waals surface area contributed by atoms with Crippen LogP contribution in [0.25, 0.3) is 5.65 Å². The molecular formula is C23H25N5O2. The second kappa shape index (κ2) is 8.82. The van der Waals surface area contributed by atoms with Crippen LogP contribution in [0.5, 0.6) is 5.75 Å². The van der Waals surface area contributed by atoms with Gasteiger partial charge in [-0.05, 0) is 56.2 Å². The van der Waals surface area contributed by atoms with Gasteiger partial charge in [-0.15, -0.1) is 0 Å². The Balaban J connectivity index is 1.26. The summed E-state index contributed by atoms with van der Waals surface area (Å²) in [7, 11) is 0. The van der Waals surface area contributed by atoms with Crippen LogP contribution >= 0.6 is 0 Å². The van der Waals surface area contributed by atoms with E-state index in [4.69, 9.17) is 4.74 Å². The number of hydrogen-bond donors (Lipinski definition) is 1. The molecule has 0 atom stereocenters. The van der Waals surface area contributed by atoms with Gasteiger partial charge in [0.25, 0.3) is 5.91 Å². The van der Waals surface area contributed by atoms with Crippen molar-refractivity contribution in [1.82, 2.24) is 24.3 Å². The van der Waals surface area contributed by atoms with Crippen molar-refractivity contribution in [3.63, 3.8) is 0 Å². The van der Waals surface area contributed by atoms with E-state index in [1.165, 1.54) is 0 Å². The molecule has 0 aliphatic heterocycles. The van der Waals surface area contributed by atoms with Crippen LogP contribution in [-0.2, 0) is 13.2 Å². The highest BCUT2D eigenvalue weighted by atomic mass is 16.5. The summed E-state index contributed by atoms with van der Waals surface area (Å²) < 4.78 is 9.90. The van der Waals surface area contributed by atoms with Gasteiger partial charge in [0.05, 0.1) is 5.69 Å². The molecule has 3 heterocycles. The minimum Gasteiger partial charge on any atom is -0.487 e. The maximum Gasteiger partial charge on any atom is 0.251 e. The molecule has 3 aromatic heterocycles. The SMILES string of the molecule is Cc1cccn2cc(COc3ccc(C(=O)NCCCn4ccnc4C)cc3)nc12. The summed E-state index contributed by atoms with van der Waals surface area (Å²) in [6, 6.07) is 11.2. The third-order valence-electron chi connectivity index (χ3n) is 5.02. The van der Waals surface area contributed by atoms with Crippen LogP contribution in [0, 0.1) is 13.8 Å². The van der Waals surface area contributed by atoms with E-state index in [2.05, 4.69) is 19.9 Å². The van der Waals surface area contributed by atoms with Gasteiger partial charge in [0.15, 0.2) is 0 Å². The molecule has 30 heavy (non-hydrogen) atoms. The van der Waals surface area contributed by atoms with Crippen LogP contribution < -0.4 is 10.1 Å². The van der Waals surface area contributed by atoms with Crippen molar-refractivity contribution in [3.05, 3.63) is 83.8 Å². The predicted molar refractivity (Wildman–Crippen MR) is 115 cm³/mol. The number of hydrogen-bond acceptors (Lipinski definition) is 4. The van der Waals surface area contributed by atoms with Crippen molar-refractivity contribution in [2.75, 3.05) is 6.54 Å². The molecule has 4 rings (SSSR count). The van der Waals surface area contributed by atoms with Crippen LogP contribution in [0.4, 0.5) is 0 Å². The predicted octanol–water partition coefficient (Wildman–Crippen LogP) is 3.55. The standard InChI is InChI=1S/C23H25N5O2/c1-17-5-3-12-28-15-20(26-22(17)28)16-30-21-8-6-19(7-9-21)23(29)25-10-4-13-27-14-11-24-18(27)2/h3,5-9,11-12,14-15H,4,10,13,16H2,1-2H3,(H,25,29). The first kappa shape index (κ1) is 19.7. The van der Waals surface area contributed by atoms with Crippen molar-refractivity contribution in [2.45, 2.75) is 33.4 Å². The van der Waals surface area contributed by atoms with Gasteiger partial charge in [0.2, 0.25) is 0 Å². The smallest absolute Gasteiger partial charge is 0.251 e. The first-order valence-corrected chi connectivity index (χ1v) is 10.0. The summed E-state index contributed by atoms with van der Waals surface area (Å²) in [5.74, 6) is 1.60. The van der Waals surface area contributed by atoms with E-state index in [0.29, 0.717) is 24.5 Å². The Bertz CT molecular complexity index is 1140. The van der Waals surface area contributed by atoms with E-state index >= 15 is 0 Å². The maximum absolute atomic E-state index is 12.3.